The Labute approximate surface area is 131 Å². The van der Waals surface area contributed by atoms with E-state index in [0.29, 0.717) is 18.8 Å². The van der Waals surface area contributed by atoms with E-state index in [-0.39, 0.29) is 5.91 Å². The predicted molar refractivity (Wildman–Crippen MR) is 84.9 cm³/mol. The Hall–Kier alpha value is -1.44. The number of carbonyl (C=O) groups excluding carboxylic acids is 1. The van der Waals surface area contributed by atoms with Crippen LogP contribution in [0.3, 0.4) is 0 Å². The van der Waals surface area contributed by atoms with Gasteiger partial charge in [-0.05, 0) is 19.5 Å². The number of nitrogens with one attached hydrogen (secondary N) is 1. The molecular formula is C15H27N5O2. The topological polar surface area (TPSA) is 75.7 Å². The first-order valence-electron chi connectivity index (χ1n) is 7.88. The normalized spacial score (nSPS) is 18.4. The molecule has 2 N–H and O–H groups in total. The van der Waals surface area contributed by atoms with E-state index in [9.17, 15) is 9.90 Å². The summed E-state index contributed by atoms with van der Waals surface area (Å²) in [7, 11) is 3.81. The molecule has 2 heterocycles. The predicted octanol–water partition coefficient (Wildman–Crippen LogP) is -0.348. The third-order valence-electron chi connectivity index (χ3n) is 4.13. The first-order chi connectivity index (χ1) is 10.5. The quantitative estimate of drug-likeness (QED) is 0.751. The summed E-state index contributed by atoms with van der Waals surface area (Å²) in [4.78, 5) is 18.3. The van der Waals surface area contributed by atoms with Gasteiger partial charge < -0.3 is 14.9 Å². The Bertz CT molecular complexity index is 482. The molecule has 7 heteroatoms. The van der Waals surface area contributed by atoms with E-state index in [1.54, 1.807) is 13.1 Å². The second-order valence-electron chi connectivity index (χ2n) is 6.08. The molecule has 22 heavy (non-hydrogen) atoms. The van der Waals surface area contributed by atoms with Crippen LogP contribution in [0.5, 0.6) is 0 Å². The molecule has 1 unspecified atom stereocenters. The number of nitrogens with zero attached hydrogens (tertiary/aromatic N) is 4. The Kier molecular flexibility index (Phi) is 5.93. The number of aliphatic hydroxyl groups excluding tert-OH is 1. The fourth-order valence-corrected chi connectivity index (χ4v) is 2.63. The first-order valence-corrected chi connectivity index (χ1v) is 7.88. The highest BCUT2D eigenvalue weighted by molar-refractivity contribution is 5.92. The van der Waals surface area contributed by atoms with Crippen LogP contribution in [0.15, 0.2) is 6.07 Å². The van der Waals surface area contributed by atoms with Crippen molar-refractivity contribution in [1.29, 1.82) is 0 Å². The molecule has 2 rings (SSSR count). The van der Waals surface area contributed by atoms with Crippen LogP contribution in [-0.4, -0.2) is 95.4 Å². The third-order valence-corrected chi connectivity index (χ3v) is 4.13. The highest BCUT2D eigenvalue weighted by Crippen LogP contribution is 2.06. The minimum atomic E-state index is -0.540. The van der Waals surface area contributed by atoms with Crippen LogP contribution in [0.1, 0.15) is 23.1 Å². The molecular weight excluding hydrogens is 282 g/mol. The summed E-state index contributed by atoms with van der Waals surface area (Å²) < 4.78 is 0. The number of H-pyrrole nitrogens is 1. The summed E-state index contributed by atoms with van der Waals surface area (Å²) in [6.45, 7) is 6.90. The van der Waals surface area contributed by atoms with E-state index in [4.69, 9.17) is 0 Å². The van der Waals surface area contributed by atoms with Gasteiger partial charge in [-0.1, -0.05) is 6.92 Å². The Morgan fingerprint density at radius 3 is 2.73 bits per heavy atom. The summed E-state index contributed by atoms with van der Waals surface area (Å²) in [5.41, 5.74) is 1.35. The van der Waals surface area contributed by atoms with Crippen LogP contribution in [0.2, 0.25) is 0 Å². The van der Waals surface area contributed by atoms with Gasteiger partial charge in [0, 0.05) is 52.0 Å². The maximum Gasteiger partial charge on any atom is 0.274 e. The van der Waals surface area contributed by atoms with Crippen molar-refractivity contribution in [3.63, 3.8) is 0 Å². The molecule has 0 saturated carbocycles. The average Bonchev–Trinajstić information content (AvgIpc) is 2.97. The summed E-state index contributed by atoms with van der Waals surface area (Å²) in [5, 5.41) is 17.1. The Morgan fingerprint density at radius 2 is 2.14 bits per heavy atom. The standard InChI is InChI=1S/C15H27N5O2/c1-4-12-9-14(17-16-12)15(22)19(3)10-13(21)11-20-7-5-18(2)6-8-20/h9,13,21H,4-8,10-11H2,1-3H3,(H,16,17). The largest absolute Gasteiger partial charge is 0.390 e. The monoisotopic (exact) mass is 309 g/mol. The number of amides is 1. The third kappa shape index (κ3) is 4.53. The number of aromatic amines is 1. The van der Waals surface area contributed by atoms with Crippen LogP contribution in [0.4, 0.5) is 0 Å². The van der Waals surface area contributed by atoms with Gasteiger partial charge in [0.1, 0.15) is 5.69 Å². The number of aliphatic hydroxyl groups is 1. The summed E-state index contributed by atoms with van der Waals surface area (Å²) in [6.07, 6.45) is 0.276. The zero-order valence-electron chi connectivity index (χ0n) is 13.7. The smallest absolute Gasteiger partial charge is 0.274 e. The van der Waals surface area contributed by atoms with Crippen molar-refractivity contribution in [2.45, 2.75) is 19.4 Å². The van der Waals surface area contributed by atoms with Gasteiger partial charge >= 0.3 is 0 Å². The van der Waals surface area contributed by atoms with E-state index in [0.717, 1.165) is 38.3 Å². The molecule has 0 radical (unpaired) electrons. The number of piperazine rings is 1. The zero-order chi connectivity index (χ0) is 16.1. The van der Waals surface area contributed by atoms with Crippen LogP contribution in [0, 0.1) is 0 Å². The van der Waals surface area contributed by atoms with E-state index < -0.39 is 6.10 Å². The van der Waals surface area contributed by atoms with Crippen molar-refractivity contribution in [2.24, 2.45) is 0 Å². The lowest BCUT2D eigenvalue weighted by atomic mass is 10.2. The fourth-order valence-electron chi connectivity index (χ4n) is 2.63. The van der Waals surface area contributed by atoms with Gasteiger partial charge in [0.05, 0.1) is 6.10 Å². The van der Waals surface area contributed by atoms with Crippen LogP contribution >= 0.6 is 0 Å². The molecule has 1 aromatic rings. The summed E-state index contributed by atoms with van der Waals surface area (Å²) >= 11 is 0. The van der Waals surface area contributed by atoms with Crippen molar-refractivity contribution in [1.82, 2.24) is 24.9 Å². The van der Waals surface area contributed by atoms with Crippen LogP contribution in [-0.2, 0) is 6.42 Å². The molecule has 1 aromatic heterocycles. The lowest BCUT2D eigenvalue weighted by Gasteiger charge is -2.34. The molecule has 7 nitrogen and oxygen atoms in total. The highest BCUT2D eigenvalue weighted by Gasteiger charge is 2.21. The molecule has 1 saturated heterocycles. The Morgan fingerprint density at radius 1 is 1.45 bits per heavy atom. The lowest BCUT2D eigenvalue weighted by molar-refractivity contribution is 0.0498. The van der Waals surface area contributed by atoms with E-state index in [1.807, 2.05) is 6.92 Å². The molecule has 1 aliphatic heterocycles. The number of hydrogen-bond donors (Lipinski definition) is 2. The van der Waals surface area contributed by atoms with E-state index in [2.05, 4.69) is 27.0 Å². The maximum absolute atomic E-state index is 12.3. The number of β-amino-alcohol motifs (C(OH)–C–C–N with tert-alkyl or cyclic N) is 1. The second kappa shape index (κ2) is 7.71. The SMILES string of the molecule is CCc1cc(C(=O)N(C)CC(O)CN2CCN(C)CC2)n[nH]1. The molecule has 1 atom stereocenters. The van der Waals surface area contributed by atoms with Crippen molar-refractivity contribution in [3.05, 3.63) is 17.5 Å². The minimum Gasteiger partial charge on any atom is -0.390 e. The fraction of sp³-hybridized carbons (Fsp3) is 0.733. The van der Waals surface area contributed by atoms with Crippen molar-refractivity contribution >= 4 is 5.91 Å². The first kappa shape index (κ1) is 16.9. The zero-order valence-corrected chi connectivity index (χ0v) is 13.7. The van der Waals surface area contributed by atoms with Crippen molar-refractivity contribution < 1.29 is 9.90 Å². The van der Waals surface area contributed by atoms with Gasteiger partial charge in [-0.25, -0.2) is 0 Å². The van der Waals surface area contributed by atoms with Crippen LogP contribution in [0.25, 0.3) is 0 Å². The molecule has 0 bridgehead atoms. The molecule has 1 fully saturated rings. The van der Waals surface area contributed by atoms with Gasteiger partial charge in [-0.2, -0.15) is 5.10 Å². The number of hydrogen-bond acceptors (Lipinski definition) is 5. The molecule has 0 spiro atoms. The second-order valence-corrected chi connectivity index (χ2v) is 6.08. The molecule has 0 aliphatic carbocycles. The van der Waals surface area contributed by atoms with Gasteiger partial charge in [0.25, 0.3) is 5.91 Å². The van der Waals surface area contributed by atoms with Gasteiger partial charge in [-0.15, -0.1) is 0 Å². The number of aromatic nitrogens is 2. The van der Waals surface area contributed by atoms with Crippen LogP contribution < -0.4 is 0 Å². The highest BCUT2D eigenvalue weighted by atomic mass is 16.3. The maximum atomic E-state index is 12.3. The number of aryl methyl sites for hydroxylation is 1. The molecule has 1 aliphatic rings. The summed E-state index contributed by atoms with van der Waals surface area (Å²) in [5.74, 6) is -0.159. The van der Waals surface area contributed by atoms with E-state index in [1.165, 1.54) is 4.90 Å². The van der Waals surface area contributed by atoms with Crippen molar-refractivity contribution in [3.8, 4) is 0 Å². The number of rotatable bonds is 6. The number of likely N-dealkylation sites (N-methyl/N-ethyl adjacent to an activating group) is 2. The van der Waals surface area contributed by atoms with Gasteiger partial charge in [0.2, 0.25) is 0 Å². The average molecular weight is 309 g/mol. The van der Waals surface area contributed by atoms with Crippen molar-refractivity contribution in [2.75, 3.05) is 53.4 Å². The molecule has 0 aromatic carbocycles. The summed E-state index contributed by atoms with van der Waals surface area (Å²) in [6, 6.07) is 1.77. The molecule has 124 valence electrons. The van der Waals surface area contributed by atoms with Gasteiger partial charge in [0.15, 0.2) is 0 Å². The molecule has 1 amide bonds. The lowest BCUT2D eigenvalue weighted by Crippen LogP contribution is -2.49. The minimum absolute atomic E-state index is 0.159. The van der Waals surface area contributed by atoms with E-state index >= 15 is 0 Å². The number of carbonyl (C=O) groups is 1. The Balaban J connectivity index is 1.80. The van der Waals surface area contributed by atoms with Gasteiger partial charge in [-0.3, -0.25) is 14.8 Å².